The first kappa shape index (κ1) is 33.2. The summed E-state index contributed by atoms with van der Waals surface area (Å²) < 4.78 is 70.0. The van der Waals surface area contributed by atoms with Crippen molar-refractivity contribution in [2.75, 3.05) is 24.5 Å². The highest BCUT2D eigenvalue weighted by Gasteiger charge is 2.41. The van der Waals surface area contributed by atoms with Gasteiger partial charge in [0, 0.05) is 26.2 Å². The maximum Gasteiger partial charge on any atom is 0.573 e. The number of nitrogens with zero attached hydrogens (tertiary/aromatic N) is 3. The second kappa shape index (κ2) is 13.5. The Morgan fingerprint density at radius 2 is 1.75 bits per heavy atom. The molecular formula is C28H31F3N4O7S2. The fraction of sp³-hybridized carbons (Fsp3) is 0.393. The van der Waals surface area contributed by atoms with Crippen molar-refractivity contribution < 1.29 is 46.1 Å². The van der Waals surface area contributed by atoms with Crippen LogP contribution in [-0.4, -0.2) is 71.8 Å². The maximum atomic E-state index is 13.7. The van der Waals surface area contributed by atoms with Crippen LogP contribution >= 0.6 is 11.3 Å². The number of carboxylic acids is 1. The van der Waals surface area contributed by atoms with Gasteiger partial charge in [0.1, 0.15) is 11.8 Å². The Kier molecular flexibility index (Phi) is 10.2. The first-order valence-corrected chi connectivity index (χ1v) is 15.8. The number of piperazine rings is 1. The lowest BCUT2D eigenvalue weighted by Gasteiger charge is -2.39. The molecule has 0 spiro atoms. The number of ether oxygens (including phenoxy) is 1. The van der Waals surface area contributed by atoms with Crippen LogP contribution in [0.15, 0.2) is 53.4 Å². The Morgan fingerprint density at radius 3 is 2.34 bits per heavy atom. The molecule has 1 aromatic heterocycles. The molecule has 0 aliphatic carbocycles. The molecule has 3 N–H and O–H groups in total. The van der Waals surface area contributed by atoms with Crippen molar-refractivity contribution >= 4 is 38.4 Å². The molecule has 2 aromatic carbocycles. The van der Waals surface area contributed by atoms with Crippen LogP contribution in [0, 0.1) is 6.92 Å². The van der Waals surface area contributed by atoms with E-state index in [-0.39, 0.29) is 41.6 Å². The predicted molar refractivity (Wildman–Crippen MR) is 155 cm³/mol. The number of hydrogen-bond donors (Lipinski definition) is 3. The molecule has 1 aliphatic rings. The number of nitrogens with one attached hydrogen (secondary N) is 1. The molecule has 3 aromatic rings. The Hall–Kier alpha value is -3.73. The van der Waals surface area contributed by atoms with Gasteiger partial charge in [-0.05, 0) is 48.7 Å². The lowest BCUT2D eigenvalue weighted by molar-refractivity contribution is -0.274. The molecule has 0 saturated carbocycles. The van der Waals surface area contributed by atoms with Crippen LogP contribution in [0.5, 0.6) is 5.75 Å². The van der Waals surface area contributed by atoms with Crippen LogP contribution in [0.3, 0.4) is 0 Å². The summed E-state index contributed by atoms with van der Waals surface area (Å²) in [5.41, 5.74) is 2.22. The number of aliphatic hydroxyl groups is 1. The van der Waals surface area contributed by atoms with Crippen LogP contribution in [0.25, 0.3) is 0 Å². The van der Waals surface area contributed by atoms with E-state index in [4.69, 9.17) is 0 Å². The normalized spacial score (nSPS) is 16.9. The molecule has 1 saturated heterocycles. The minimum absolute atomic E-state index is 0.0622. The van der Waals surface area contributed by atoms with Crippen molar-refractivity contribution in [2.24, 2.45) is 0 Å². The van der Waals surface area contributed by atoms with E-state index >= 15 is 0 Å². The van der Waals surface area contributed by atoms with Crippen LogP contribution in [0.1, 0.15) is 41.1 Å². The van der Waals surface area contributed by atoms with E-state index in [1.54, 1.807) is 4.90 Å². The van der Waals surface area contributed by atoms with Crippen LogP contribution < -0.4 is 15.0 Å². The van der Waals surface area contributed by atoms with E-state index in [1.807, 2.05) is 24.3 Å². The number of halogens is 3. The lowest BCUT2D eigenvalue weighted by Crippen LogP contribution is -2.60. The second-order valence-electron chi connectivity index (χ2n) is 10.1. The number of aliphatic hydroxyl groups excluding tert-OH is 1. The summed E-state index contributed by atoms with van der Waals surface area (Å²) in [6.07, 6.45) is -4.87. The first-order valence-electron chi connectivity index (χ1n) is 13.6. The molecule has 2 heterocycles. The number of amides is 1. The number of anilines is 1. The largest absolute Gasteiger partial charge is 0.573 e. The zero-order chi connectivity index (χ0) is 32.2. The van der Waals surface area contributed by atoms with E-state index < -0.39 is 46.2 Å². The summed E-state index contributed by atoms with van der Waals surface area (Å²) in [5, 5.41) is 22.3. The molecule has 1 aliphatic heterocycles. The quantitative estimate of drug-likeness (QED) is 0.281. The van der Waals surface area contributed by atoms with Gasteiger partial charge in [-0.25, -0.2) is 18.2 Å². The zero-order valence-corrected chi connectivity index (χ0v) is 25.4. The fourth-order valence-corrected chi connectivity index (χ4v) is 7.35. The van der Waals surface area contributed by atoms with Gasteiger partial charge in [0.15, 0.2) is 11.2 Å². The number of hydrogen-bond acceptors (Lipinski definition) is 9. The number of carboxylic acid groups (broad SMARTS) is 1. The van der Waals surface area contributed by atoms with Gasteiger partial charge in [-0.1, -0.05) is 48.9 Å². The van der Waals surface area contributed by atoms with Crippen molar-refractivity contribution in [3.8, 4) is 5.75 Å². The summed E-state index contributed by atoms with van der Waals surface area (Å²) in [6.45, 7) is 3.42. The van der Waals surface area contributed by atoms with Gasteiger partial charge in [0.2, 0.25) is 15.9 Å². The topological polar surface area (TPSA) is 149 Å². The van der Waals surface area contributed by atoms with E-state index in [9.17, 15) is 41.4 Å². The minimum Gasteiger partial charge on any atom is -0.479 e. The van der Waals surface area contributed by atoms with E-state index in [0.29, 0.717) is 5.13 Å². The number of carbonyl (C=O) groups is 2. The number of benzene rings is 2. The summed E-state index contributed by atoms with van der Waals surface area (Å²) >= 11 is 0.921. The third-order valence-corrected chi connectivity index (χ3v) is 10.1. The highest BCUT2D eigenvalue weighted by Crippen LogP contribution is 2.33. The highest BCUT2D eigenvalue weighted by molar-refractivity contribution is 7.89. The summed E-state index contributed by atoms with van der Waals surface area (Å²) in [4.78, 5) is 30.6. The molecule has 2 atom stereocenters. The van der Waals surface area contributed by atoms with Crippen LogP contribution in [0.2, 0.25) is 0 Å². The summed E-state index contributed by atoms with van der Waals surface area (Å²) in [7, 11) is -4.37. The van der Waals surface area contributed by atoms with Gasteiger partial charge in [0.25, 0.3) is 0 Å². The monoisotopic (exact) mass is 656 g/mol. The zero-order valence-electron chi connectivity index (χ0n) is 23.7. The smallest absolute Gasteiger partial charge is 0.479 e. The third-order valence-electron chi connectivity index (χ3n) is 6.90. The minimum atomic E-state index is -4.95. The van der Waals surface area contributed by atoms with Gasteiger partial charge < -0.3 is 25.2 Å². The predicted octanol–water partition coefficient (Wildman–Crippen LogP) is 3.62. The Bertz CT molecular complexity index is 1580. The molecule has 238 valence electrons. The third kappa shape index (κ3) is 7.85. The number of rotatable bonds is 11. The standard InChI is InChI=1S/C28H31F3N4O7S2/c1-3-4-18-5-7-19(8-6-18)15-32-25(37)22-16-34(27-33-17(2)24(43-27)23(36)26(38)39)13-14-35(22)44(40,41)21-11-9-20(10-12-21)42-28(29,30)31/h5-12,22-23,36H,3-4,13-16H2,1-2H3,(H,32,37)(H,38,39). The van der Waals surface area contributed by atoms with Crippen molar-refractivity contribution in [1.82, 2.24) is 14.6 Å². The second-order valence-corrected chi connectivity index (χ2v) is 13.0. The molecule has 1 amide bonds. The number of aromatic nitrogens is 1. The van der Waals surface area contributed by atoms with Gasteiger partial charge >= 0.3 is 12.3 Å². The first-order chi connectivity index (χ1) is 20.7. The average molecular weight is 657 g/mol. The van der Waals surface area contributed by atoms with Gasteiger partial charge in [-0.2, -0.15) is 4.31 Å². The molecule has 0 bridgehead atoms. The van der Waals surface area contributed by atoms with E-state index in [0.717, 1.165) is 63.9 Å². The Morgan fingerprint density at radius 1 is 1.11 bits per heavy atom. The van der Waals surface area contributed by atoms with Gasteiger partial charge in [-0.3, -0.25) is 4.79 Å². The van der Waals surface area contributed by atoms with Gasteiger partial charge in [-0.15, -0.1) is 13.2 Å². The summed E-state index contributed by atoms with van der Waals surface area (Å²) in [6, 6.07) is 10.0. The molecule has 0 radical (unpaired) electrons. The SMILES string of the molecule is CCCc1ccc(CNC(=O)C2CN(c3nc(C)c(C(O)C(=O)O)s3)CCN2S(=O)(=O)c2ccc(OC(F)(F)F)cc2)cc1. The Labute approximate surface area is 255 Å². The number of alkyl halides is 3. The molecule has 1 fully saturated rings. The lowest BCUT2D eigenvalue weighted by atomic mass is 10.1. The van der Waals surface area contributed by atoms with Gasteiger partial charge in [0.05, 0.1) is 15.5 Å². The number of aliphatic carboxylic acids is 1. The molecule has 2 unspecified atom stereocenters. The van der Waals surface area contributed by atoms with Crippen molar-refractivity contribution in [3.63, 3.8) is 0 Å². The molecule has 4 rings (SSSR count). The van der Waals surface area contributed by atoms with E-state index in [2.05, 4.69) is 22.0 Å². The molecular weight excluding hydrogens is 625 g/mol. The summed E-state index contributed by atoms with van der Waals surface area (Å²) in [5.74, 6) is -2.67. The molecule has 44 heavy (non-hydrogen) atoms. The molecule has 16 heteroatoms. The molecule has 11 nitrogen and oxygen atoms in total. The maximum absolute atomic E-state index is 13.7. The van der Waals surface area contributed by atoms with Crippen molar-refractivity contribution in [2.45, 2.75) is 56.6 Å². The van der Waals surface area contributed by atoms with Crippen LogP contribution in [-0.2, 0) is 32.6 Å². The van der Waals surface area contributed by atoms with Crippen molar-refractivity contribution in [1.29, 1.82) is 0 Å². The number of aryl methyl sites for hydroxylation is 2. The van der Waals surface area contributed by atoms with E-state index in [1.165, 1.54) is 6.92 Å². The van der Waals surface area contributed by atoms with Crippen LogP contribution in [0.4, 0.5) is 18.3 Å². The average Bonchev–Trinajstić information content (AvgIpc) is 3.36. The number of thiazole rings is 1. The Balaban J connectivity index is 1.60. The highest BCUT2D eigenvalue weighted by atomic mass is 32.2. The fourth-order valence-electron chi connectivity index (χ4n) is 4.70. The van der Waals surface area contributed by atoms with Crippen molar-refractivity contribution in [3.05, 3.63) is 70.2 Å². The number of carbonyl (C=O) groups excluding carboxylic acids is 1. The number of sulfonamides is 1.